The van der Waals surface area contributed by atoms with E-state index in [0.717, 1.165) is 11.3 Å². The van der Waals surface area contributed by atoms with E-state index in [1.54, 1.807) is 31.3 Å². The Hall–Kier alpha value is -2.60. The molecule has 2 aromatic rings. The lowest BCUT2D eigenvalue weighted by Gasteiger charge is -2.20. The number of hydrogen-bond acceptors (Lipinski definition) is 5. The summed E-state index contributed by atoms with van der Waals surface area (Å²) in [6.07, 6.45) is 3.08. The Kier molecular flexibility index (Phi) is 4.73. The number of amides is 1. The van der Waals surface area contributed by atoms with Crippen LogP contribution >= 0.6 is 0 Å². The summed E-state index contributed by atoms with van der Waals surface area (Å²) in [6, 6.07) is 9.24. The van der Waals surface area contributed by atoms with Crippen molar-refractivity contribution >= 4 is 11.6 Å². The molecule has 0 unspecified atom stereocenters. The Morgan fingerprint density at radius 2 is 2.14 bits per heavy atom. The van der Waals surface area contributed by atoms with Crippen molar-refractivity contribution in [1.82, 2.24) is 9.88 Å². The van der Waals surface area contributed by atoms with Crippen LogP contribution in [0.25, 0.3) is 0 Å². The molecular formula is C15H18N4O2. The third kappa shape index (κ3) is 3.29. The zero-order valence-electron chi connectivity index (χ0n) is 12.0. The largest absolute Gasteiger partial charge is 0.496 e. The lowest BCUT2D eigenvalue weighted by Crippen LogP contribution is -2.27. The fourth-order valence-corrected chi connectivity index (χ4v) is 2.06. The number of anilines is 1. The second-order valence-electron chi connectivity index (χ2n) is 4.54. The van der Waals surface area contributed by atoms with Crippen molar-refractivity contribution in [2.75, 3.05) is 19.6 Å². The van der Waals surface area contributed by atoms with Gasteiger partial charge in [-0.15, -0.1) is 0 Å². The van der Waals surface area contributed by atoms with Crippen LogP contribution in [0.1, 0.15) is 15.9 Å². The van der Waals surface area contributed by atoms with E-state index in [1.807, 2.05) is 24.3 Å². The minimum atomic E-state index is -0.142. The van der Waals surface area contributed by atoms with Gasteiger partial charge < -0.3 is 15.1 Å². The fourth-order valence-electron chi connectivity index (χ4n) is 2.06. The van der Waals surface area contributed by atoms with E-state index >= 15 is 0 Å². The highest BCUT2D eigenvalue weighted by Crippen LogP contribution is 2.21. The monoisotopic (exact) mass is 286 g/mol. The van der Waals surface area contributed by atoms with Gasteiger partial charge in [0.2, 0.25) is 0 Å². The number of para-hydroxylation sites is 1. The van der Waals surface area contributed by atoms with Crippen LogP contribution in [-0.4, -0.2) is 29.9 Å². The Morgan fingerprint density at radius 1 is 1.38 bits per heavy atom. The molecule has 0 atom stereocenters. The molecule has 1 aromatic carbocycles. The number of carbonyl (C=O) groups is 1. The van der Waals surface area contributed by atoms with Crippen LogP contribution in [0.2, 0.25) is 0 Å². The number of rotatable bonds is 5. The second kappa shape index (κ2) is 6.71. The first-order valence-electron chi connectivity index (χ1n) is 6.45. The van der Waals surface area contributed by atoms with Gasteiger partial charge in [-0.2, -0.15) is 0 Å². The van der Waals surface area contributed by atoms with Gasteiger partial charge in [0.05, 0.1) is 24.6 Å². The number of nitrogens with two attached hydrogens (primary N) is 1. The average molecular weight is 286 g/mol. The number of benzene rings is 1. The molecule has 0 aliphatic rings. The summed E-state index contributed by atoms with van der Waals surface area (Å²) in [7, 11) is 3.34. The average Bonchev–Trinajstić information content (AvgIpc) is 2.54. The third-order valence-corrected chi connectivity index (χ3v) is 3.15. The van der Waals surface area contributed by atoms with E-state index in [4.69, 9.17) is 10.6 Å². The number of aromatic nitrogens is 1. The van der Waals surface area contributed by atoms with Crippen molar-refractivity contribution in [1.29, 1.82) is 0 Å². The van der Waals surface area contributed by atoms with Gasteiger partial charge in [0.1, 0.15) is 5.75 Å². The van der Waals surface area contributed by atoms with E-state index in [2.05, 4.69) is 10.4 Å². The van der Waals surface area contributed by atoms with Crippen molar-refractivity contribution < 1.29 is 9.53 Å². The molecule has 1 amide bonds. The molecule has 110 valence electrons. The van der Waals surface area contributed by atoms with E-state index in [0.29, 0.717) is 17.8 Å². The molecular weight excluding hydrogens is 268 g/mol. The van der Waals surface area contributed by atoms with E-state index in [9.17, 15) is 4.79 Å². The van der Waals surface area contributed by atoms with Gasteiger partial charge in [-0.05, 0) is 12.1 Å². The first-order valence-corrected chi connectivity index (χ1v) is 6.45. The maximum Gasteiger partial charge on any atom is 0.256 e. The van der Waals surface area contributed by atoms with Crippen LogP contribution < -0.4 is 16.0 Å². The van der Waals surface area contributed by atoms with Crippen molar-refractivity contribution in [3.63, 3.8) is 0 Å². The van der Waals surface area contributed by atoms with Crippen molar-refractivity contribution in [2.24, 2.45) is 5.84 Å². The second-order valence-corrected chi connectivity index (χ2v) is 4.54. The van der Waals surface area contributed by atoms with Gasteiger partial charge in [0.25, 0.3) is 5.91 Å². The van der Waals surface area contributed by atoms with Crippen LogP contribution in [-0.2, 0) is 6.54 Å². The first-order chi connectivity index (χ1) is 10.2. The first kappa shape index (κ1) is 14.8. The molecule has 0 fully saturated rings. The van der Waals surface area contributed by atoms with Crippen molar-refractivity contribution in [2.45, 2.75) is 6.54 Å². The summed E-state index contributed by atoms with van der Waals surface area (Å²) in [4.78, 5) is 18.0. The van der Waals surface area contributed by atoms with E-state index in [1.165, 1.54) is 6.20 Å². The molecule has 0 saturated heterocycles. The van der Waals surface area contributed by atoms with Gasteiger partial charge in [0, 0.05) is 25.4 Å². The highest BCUT2D eigenvalue weighted by Gasteiger charge is 2.16. The summed E-state index contributed by atoms with van der Waals surface area (Å²) in [5.41, 5.74) is 4.39. The van der Waals surface area contributed by atoms with Gasteiger partial charge in [-0.3, -0.25) is 15.6 Å². The SMILES string of the molecule is COc1ccccc1CN(C)C(=O)c1ccncc1NN. The minimum Gasteiger partial charge on any atom is -0.496 e. The number of methoxy groups -OCH3 is 1. The van der Waals surface area contributed by atoms with Crippen molar-refractivity contribution in [3.8, 4) is 5.75 Å². The number of nitrogen functional groups attached to an aromatic ring is 1. The summed E-state index contributed by atoms with van der Waals surface area (Å²) < 4.78 is 5.30. The van der Waals surface area contributed by atoms with Gasteiger partial charge in [-0.25, -0.2) is 0 Å². The highest BCUT2D eigenvalue weighted by atomic mass is 16.5. The topological polar surface area (TPSA) is 80.5 Å². The third-order valence-electron chi connectivity index (χ3n) is 3.15. The molecule has 0 spiro atoms. The normalized spacial score (nSPS) is 10.0. The van der Waals surface area contributed by atoms with Crippen LogP contribution in [0.15, 0.2) is 42.7 Å². The van der Waals surface area contributed by atoms with Gasteiger partial charge in [0.15, 0.2) is 0 Å². The molecule has 0 saturated carbocycles. The number of nitrogens with one attached hydrogen (secondary N) is 1. The predicted octanol–water partition coefficient (Wildman–Crippen LogP) is 1.65. The van der Waals surface area contributed by atoms with E-state index < -0.39 is 0 Å². The van der Waals surface area contributed by atoms with Crippen LogP contribution in [0.4, 0.5) is 5.69 Å². The van der Waals surface area contributed by atoms with Crippen LogP contribution in [0.3, 0.4) is 0 Å². The molecule has 6 nitrogen and oxygen atoms in total. The number of nitrogens with zero attached hydrogens (tertiary/aromatic N) is 2. The number of hydrogen-bond donors (Lipinski definition) is 2. The summed E-state index contributed by atoms with van der Waals surface area (Å²) in [5, 5.41) is 0. The minimum absolute atomic E-state index is 0.142. The zero-order chi connectivity index (χ0) is 15.2. The highest BCUT2D eigenvalue weighted by molar-refractivity contribution is 5.99. The predicted molar refractivity (Wildman–Crippen MR) is 80.8 cm³/mol. The molecule has 0 aliphatic heterocycles. The molecule has 2 rings (SSSR count). The molecule has 0 bridgehead atoms. The van der Waals surface area contributed by atoms with Crippen LogP contribution in [0.5, 0.6) is 5.75 Å². The molecule has 0 aliphatic carbocycles. The molecule has 0 radical (unpaired) electrons. The fraction of sp³-hybridized carbons (Fsp3) is 0.200. The number of hydrazine groups is 1. The lowest BCUT2D eigenvalue weighted by molar-refractivity contribution is 0.0785. The Bertz CT molecular complexity index is 631. The smallest absolute Gasteiger partial charge is 0.256 e. The Morgan fingerprint density at radius 3 is 2.86 bits per heavy atom. The maximum absolute atomic E-state index is 12.5. The zero-order valence-corrected chi connectivity index (χ0v) is 12.0. The standard InChI is InChI=1S/C15H18N4O2/c1-19(10-11-5-3-4-6-14(11)21-2)15(20)12-7-8-17-9-13(12)18-16/h3-9,18H,10,16H2,1-2H3. The summed E-state index contributed by atoms with van der Waals surface area (Å²) in [6.45, 7) is 0.440. The molecule has 21 heavy (non-hydrogen) atoms. The maximum atomic E-state index is 12.5. The van der Waals surface area contributed by atoms with Gasteiger partial charge >= 0.3 is 0 Å². The molecule has 3 N–H and O–H groups in total. The Balaban J connectivity index is 2.20. The molecule has 6 heteroatoms. The Labute approximate surface area is 123 Å². The summed E-state index contributed by atoms with van der Waals surface area (Å²) in [5.74, 6) is 6.02. The lowest BCUT2D eigenvalue weighted by atomic mass is 10.1. The van der Waals surface area contributed by atoms with E-state index in [-0.39, 0.29) is 5.91 Å². The number of carbonyl (C=O) groups excluding carboxylic acids is 1. The van der Waals surface area contributed by atoms with Crippen molar-refractivity contribution in [3.05, 3.63) is 53.9 Å². The molecule has 1 aromatic heterocycles. The van der Waals surface area contributed by atoms with Crippen LogP contribution in [0, 0.1) is 0 Å². The number of pyridine rings is 1. The quantitative estimate of drug-likeness (QED) is 0.645. The number of ether oxygens (including phenoxy) is 1. The summed E-state index contributed by atoms with van der Waals surface area (Å²) >= 11 is 0. The van der Waals surface area contributed by atoms with Gasteiger partial charge in [-0.1, -0.05) is 18.2 Å². The molecule has 1 heterocycles.